The molecule has 2 rings (SSSR count). The first-order valence-corrected chi connectivity index (χ1v) is 4.45. The van der Waals surface area contributed by atoms with E-state index in [4.69, 9.17) is 0 Å². The molecule has 3 heteroatoms. The molecular formula is C11H11FN2. The maximum atomic E-state index is 12.7. The number of hydrogen-bond acceptors (Lipinski definition) is 1. The maximum absolute atomic E-state index is 12.7. The van der Waals surface area contributed by atoms with Gasteiger partial charge in [-0.25, -0.2) is 9.37 Å². The van der Waals surface area contributed by atoms with Crippen molar-refractivity contribution in [3.63, 3.8) is 0 Å². The Bertz CT molecular complexity index is 423. The van der Waals surface area contributed by atoms with E-state index < -0.39 is 0 Å². The third-order valence-corrected chi connectivity index (χ3v) is 2.20. The van der Waals surface area contributed by atoms with Gasteiger partial charge in [-0.2, -0.15) is 0 Å². The van der Waals surface area contributed by atoms with Crippen LogP contribution in [0.3, 0.4) is 0 Å². The van der Waals surface area contributed by atoms with Crippen molar-refractivity contribution in [3.05, 3.63) is 47.8 Å². The van der Waals surface area contributed by atoms with E-state index in [0.29, 0.717) is 0 Å². The second-order valence-electron chi connectivity index (χ2n) is 3.26. The predicted molar refractivity (Wildman–Crippen MR) is 53.0 cm³/mol. The highest BCUT2D eigenvalue weighted by Gasteiger charge is 2.04. The lowest BCUT2D eigenvalue weighted by molar-refractivity contribution is 0.627. The minimum Gasteiger partial charge on any atom is -0.301 e. The van der Waals surface area contributed by atoms with E-state index >= 15 is 0 Å². The van der Waals surface area contributed by atoms with Gasteiger partial charge in [0.2, 0.25) is 0 Å². The van der Waals surface area contributed by atoms with Crippen molar-refractivity contribution in [1.82, 2.24) is 9.55 Å². The molecule has 0 atom stereocenters. The number of aromatic nitrogens is 2. The average molecular weight is 190 g/mol. The van der Waals surface area contributed by atoms with Crippen LogP contribution >= 0.6 is 0 Å². The standard InChI is InChI=1S/C11H11FN2/c1-8-7-13-9(2)14(8)11-5-3-10(12)4-6-11/h3-7H,1-2H3. The van der Waals surface area contributed by atoms with Crippen LogP contribution in [0.2, 0.25) is 0 Å². The largest absolute Gasteiger partial charge is 0.301 e. The smallest absolute Gasteiger partial charge is 0.123 e. The third-order valence-electron chi connectivity index (χ3n) is 2.20. The molecule has 2 aromatic rings. The lowest BCUT2D eigenvalue weighted by Crippen LogP contribution is -1.98. The van der Waals surface area contributed by atoms with Crippen LogP contribution in [0.25, 0.3) is 5.69 Å². The van der Waals surface area contributed by atoms with Crippen molar-refractivity contribution in [3.8, 4) is 5.69 Å². The van der Waals surface area contributed by atoms with E-state index in [1.54, 1.807) is 18.3 Å². The van der Waals surface area contributed by atoms with Gasteiger partial charge in [0, 0.05) is 17.6 Å². The minimum atomic E-state index is -0.218. The number of halogens is 1. The fourth-order valence-electron chi connectivity index (χ4n) is 1.54. The Labute approximate surface area is 82.0 Å². The van der Waals surface area contributed by atoms with Crippen molar-refractivity contribution in [2.75, 3.05) is 0 Å². The van der Waals surface area contributed by atoms with E-state index in [2.05, 4.69) is 4.98 Å². The second-order valence-corrected chi connectivity index (χ2v) is 3.26. The first kappa shape index (κ1) is 8.94. The molecule has 0 bridgehead atoms. The molecular weight excluding hydrogens is 179 g/mol. The SMILES string of the molecule is Cc1cnc(C)n1-c1ccc(F)cc1. The zero-order chi connectivity index (χ0) is 10.1. The summed E-state index contributed by atoms with van der Waals surface area (Å²) in [6, 6.07) is 6.40. The predicted octanol–water partition coefficient (Wildman–Crippen LogP) is 2.63. The summed E-state index contributed by atoms with van der Waals surface area (Å²) in [5.74, 6) is 0.693. The highest BCUT2D eigenvalue weighted by molar-refractivity contribution is 5.35. The molecule has 0 aliphatic heterocycles. The van der Waals surface area contributed by atoms with Crippen LogP contribution in [-0.2, 0) is 0 Å². The van der Waals surface area contributed by atoms with E-state index in [1.807, 2.05) is 18.4 Å². The summed E-state index contributed by atoms with van der Waals surface area (Å²) >= 11 is 0. The molecule has 0 saturated carbocycles. The van der Waals surface area contributed by atoms with Gasteiger partial charge in [-0.15, -0.1) is 0 Å². The van der Waals surface area contributed by atoms with Crippen LogP contribution in [0.15, 0.2) is 30.5 Å². The molecule has 14 heavy (non-hydrogen) atoms. The fraction of sp³-hybridized carbons (Fsp3) is 0.182. The monoisotopic (exact) mass is 190 g/mol. The Morgan fingerprint density at radius 1 is 1.14 bits per heavy atom. The first-order valence-electron chi connectivity index (χ1n) is 4.45. The zero-order valence-corrected chi connectivity index (χ0v) is 8.16. The molecule has 0 aliphatic rings. The van der Waals surface area contributed by atoms with Crippen molar-refractivity contribution in [1.29, 1.82) is 0 Å². The normalized spacial score (nSPS) is 10.5. The van der Waals surface area contributed by atoms with Crippen molar-refractivity contribution in [2.24, 2.45) is 0 Å². The van der Waals surface area contributed by atoms with E-state index in [-0.39, 0.29) is 5.82 Å². The van der Waals surface area contributed by atoms with Gasteiger partial charge in [-0.05, 0) is 38.1 Å². The molecule has 0 fully saturated rings. The van der Waals surface area contributed by atoms with Gasteiger partial charge in [0.05, 0.1) is 0 Å². The van der Waals surface area contributed by atoms with E-state index in [0.717, 1.165) is 17.2 Å². The number of aryl methyl sites for hydroxylation is 2. The lowest BCUT2D eigenvalue weighted by Gasteiger charge is -2.06. The molecule has 1 heterocycles. The van der Waals surface area contributed by atoms with Gasteiger partial charge in [-0.3, -0.25) is 0 Å². The lowest BCUT2D eigenvalue weighted by atomic mass is 10.3. The zero-order valence-electron chi connectivity index (χ0n) is 8.16. The Balaban J connectivity index is 2.54. The Morgan fingerprint density at radius 2 is 1.79 bits per heavy atom. The molecule has 1 aromatic heterocycles. The van der Waals surface area contributed by atoms with E-state index in [1.165, 1.54) is 12.1 Å². The summed E-state index contributed by atoms with van der Waals surface area (Å²) in [7, 11) is 0. The summed E-state index contributed by atoms with van der Waals surface area (Å²) in [5.41, 5.74) is 1.99. The van der Waals surface area contributed by atoms with Crippen LogP contribution in [-0.4, -0.2) is 9.55 Å². The molecule has 0 N–H and O–H groups in total. The number of imidazole rings is 1. The summed E-state index contributed by atoms with van der Waals surface area (Å²) < 4.78 is 14.7. The molecule has 0 saturated heterocycles. The fourth-order valence-corrected chi connectivity index (χ4v) is 1.54. The van der Waals surface area contributed by atoms with Crippen LogP contribution in [0.5, 0.6) is 0 Å². The van der Waals surface area contributed by atoms with Crippen LogP contribution in [0.1, 0.15) is 11.5 Å². The second kappa shape index (κ2) is 3.25. The Hall–Kier alpha value is -1.64. The summed E-state index contributed by atoms with van der Waals surface area (Å²) in [6.07, 6.45) is 1.80. The topological polar surface area (TPSA) is 17.8 Å². The van der Waals surface area contributed by atoms with Crippen LogP contribution in [0.4, 0.5) is 4.39 Å². The van der Waals surface area contributed by atoms with Gasteiger partial charge < -0.3 is 4.57 Å². The molecule has 0 amide bonds. The third kappa shape index (κ3) is 1.41. The van der Waals surface area contributed by atoms with Crippen LogP contribution < -0.4 is 0 Å². The quantitative estimate of drug-likeness (QED) is 0.676. The Kier molecular flexibility index (Phi) is 2.08. The van der Waals surface area contributed by atoms with Crippen molar-refractivity contribution in [2.45, 2.75) is 13.8 Å². The molecule has 0 spiro atoms. The van der Waals surface area contributed by atoms with Gasteiger partial charge >= 0.3 is 0 Å². The van der Waals surface area contributed by atoms with Gasteiger partial charge in [-0.1, -0.05) is 0 Å². The van der Waals surface area contributed by atoms with Crippen LogP contribution in [0, 0.1) is 19.7 Å². The first-order chi connectivity index (χ1) is 6.68. The summed E-state index contributed by atoms with van der Waals surface area (Å²) in [6.45, 7) is 3.90. The Morgan fingerprint density at radius 3 is 2.29 bits per heavy atom. The molecule has 1 aromatic carbocycles. The van der Waals surface area contributed by atoms with E-state index in [9.17, 15) is 4.39 Å². The van der Waals surface area contributed by atoms with Crippen molar-refractivity contribution >= 4 is 0 Å². The van der Waals surface area contributed by atoms with Gasteiger partial charge in [0.1, 0.15) is 11.6 Å². The van der Waals surface area contributed by atoms with Gasteiger partial charge in [0.15, 0.2) is 0 Å². The molecule has 0 aliphatic carbocycles. The number of rotatable bonds is 1. The highest BCUT2D eigenvalue weighted by atomic mass is 19.1. The van der Waals surface area contributed by atoms with Gasteiger partial charge in [0.25, 0.3) is 0 Å². The minimum absolute atomic E-state index is 0.218. The molecule has 2 nitrogen and oxygen atoms in total. The molecule has 0 radical (unpaired) electrons. The summed E-state index contributed by atoms with van der Waals surface area (Å²) in [4.78, 5) is 4.18. The highest BCUT2D eigenvalue weighted by Crippen LogP contribution is 2.14. The van der Waals surface area contributed by atoms with Crippen molar-refractivity contribution < 1.29 is 4.39 Å². The average Bonchev–Trinajstić information content (AvgIpc) is 2.49. The molecule has 72 valence electrons. The molecule has 0 unspecified atom stereocenters. The number of benzene rings is 1. The number of hydrogen-bond donors (Lipinski definition) is 0. The maximum Gasteiger partial charge on any atom is 0.123 e. The number of nitrogens with zero attached hydrogens (tertiary/aromatic N) is 2. The summed E-state index contributed by atoms with van der Waals surface area (Å²) in [5, 5.41) is 0.